The molecule has 5 nitrogen and oxygen atoms in total. The molecule has 0 aliphatic carbocycles. The maximum absolute atomic E-state index is 12.7. The van der Waals surface area contributed by atoms with Gasteiger partial charge in [0, 0.05) is 24.8 Å². The van der Waals surface area contributed by atoms with E-state index in [2.05, 4.69) is 9.84 Å². The summed E-state index contributed by atoms with van der Waals surface area (Å²) in [4.78, 5) is 14.4. The Balaban J connectivity index is 1.68. The third-order valence-corrected chi connectivity index (χ3v) is 4.76. The molecule has 0 bridgehead atoms. The van der Waals surface area contributed by atoms with Crippen molar-refractivity contribution in [3.05, 3.63) is 77.1 Å². The number of rotatable bonds is 7. The van der Waals surface area contributed by atoms with E-state index >= 15 is 0 Å². The first-order valence-electron chi connectivity index (χ1n) is 9.23. The van der Waals surface area contributed by atoms with Crippen molar-refractivity contribution in [1.29, 1.82) is 0 Å². The van der Waals surface area contributed by atoms with Gasteiger partial charge in [0.25, 0.3) is 0 Å². The van der Waals surface area contributed by atoms with E-state index < -0.39 is 6.61 Å². The number of benzene rings is 2. The molecule has 29 heavy (non-hydrogen) atoms. The van der Waals surface area contributed by atoms with Crippen LogP contribution < -0.4 is 4.74 Å². The average Bonchev–Trinajstić information content (AvgIpc) is 2.98. The third kappa shape index (κ3) is 4.99. The van der Waals surface area contributed by atoms with Gasteiger partial charge in [0.1, 0.15) is 5.75 Å². The summed E-state index contributed by atoms with van der Waals surface area (Å²) in [6, 6.07) is 16.1. The summed E-state index contributed by atoms with van der Waals surface area (Å²) in [7, 11) is 1.72. The van der Waals surface area contributed by atoms with Crippen LogP contribution in [0.4, 0.5) is 8.78 Å². The van der Waals surface area contributed by atoms with Crippen LogP contribution in [0.15, 0.2) is 54.6 Å². The first-order valence-corrected chi connectivity index (χ1v) is 9.23. The number of hydrogen-bond acceptors (Lipinski definition) is 3. The number of para-hydroxylation sites is 1. The minimum Gasteiger partial charge on any atom is -0.435 e. The normalized spacial score (nSPS) is 11.0. The fourth-order valence-corrected chi connectivity index (χ4v) is 3.18. The van der Waals surface area contributed by atoms with E-state index in [1.165, 1.54) is 12.1 Å². The largest absolute Gasteiger partial charge is 0.435 e. The zero-order chi connectivity index (χ0) is 21.0. The standard InChI is InChI=1S/C22H23F2N3O2/c1-15-20(16(2)27(25-15)18-7-5-4-6-8-18)13-21(28)26(3)14-17-9-11-19(12-10-17)29-22(23)24/h4-12,22H,13-14H2,1-3H3. The zero-order valence-corrected chi connectivity index (χ0v) is 16.6. The number of carbonyl (C=O) groups excluding carboxylic acids is 1. The quantitative estimate of drug-likeness (QED) is 0.595. The van der Waals surface area contributed by atoms with Crippen LogP contribution in [0.5, 0.6) is 5.75 Å². The lowest BCUT2D eigenvalue weighted by molar-refractivity contribution is -0.129. The van der Waals surface area contributed by atoms with Crippen LogP contribution in [0.3, 0.4) is 0 Å². The number of nitrogens with zero attached hydrogens (tertiary/aromatic N) is 3. The fourth-order valence-electron chi connectivity index (χ4n) is 3.18. The number of hydrogen-bond donors (Lipinski definition) is 0. The summed E-state index contributed by atoms with van der Waals surface area (Å²) in [5.41, 5.74) is 4.44. The molecule has 0 spiro atoms. The van der Waals surface area contributed by atoms with E-state index in [1.54, 1.807) is 24.1 Å². The van der Waals surface area contributed by atoms with Gasteiger partial charge in [-0.05, 0) is 43.7 Å². The second kappa shape index (κ2) is 8.86. The molecular weight excluding hydrogens is 376 g/mol. The van der Waals surface area contributed by atoms with Gasteiger partial charge in [-0.1, -0.05) is 30.3 Å². The highest BCUT2D eigenvalue weighted by atomic mass is 19.3. The summed E-state index contributed by atoms with van der Waals surface area (Å²) in [5, 5.41) is 4.58. The zero-order valence-electron chi connectivity index (χ0n) is 16.6. The molecule has 3 rings (SSSR count). The highest BCUT2D eigenvalue weighted by Crippen LogP contribution is 2.20. The molecule has 0 radical (unpaired) electrons. The molecule has 1 aromatic heterocycles. The van der Waals surface area contributed by atoms with E-state index in [-0.39, 0.29) is 18.1 Å². The van der Waals surface area contributed by atoms with E-state index in [4.69, 9.17) is 0 Å². The Labute approximate surface area is 168 Å². The summed E-state index contributed by atoms with van der Waals surface area (Å²) in [6.45, 7) is 1.38. The van der Waals surface area contributed by atoms with Crippen molar-refractivity contribution in [2.75, 3.05) is 7.05 Å². The van der Waals surface area contributed by atoms with Crippen LogP contribution in [0.2, 0.25) is 0 Å². The predicted octanol–water partition coefficient (Wildman–Crippen LogP) is 4.29. The number of carbonyl (C=O) groups is 1. The highest BCUT2D eigenvalue weighted by Gasteiger charge is 2.18. The maximum atomic E-state index is 12.7. The van der Waals surface area contributed by atoms with Crippen LogP contribution in [0.25, 0.3) is 5.69 Å². The number of alkyl halides is 2. The van der Waals surface area contributed by atoms with E-state index in [9.17, 15) is 13.6 Å². The van der Waals surface area contributed by atoms with Gasteiger partial charge in [-0.25, -0.2) is 4.68 Å². The number of amides is 1. The molecule has 3 aromatic rings. The van der Waals surface area contributed by atoms with Crippen molar-refractivity contribution >= 4 is 5.91 Å². The third-order valence-electron chi connectivity index (χ3n) is 4.76. The summed E-state index contributed by atoms with van der Waals surface area (Å²) in [5.74, 6) is 0.0500. The van der Waals surface area contributed by atoms with Gasteiger partial charge >= 0.3 is 6.61 Å². The van der Waals surface area contributed by atoms with Crippen molar-refractivity contribution in [3.63, 3.8) is 0 Å². The lowest BCUT2D eigenvalue weighted by Crippen LogP contribution is -2.28. The van der Waals surface area contributed by atoms with Gasteiger partial charge in [-0.2, -0.15) is 13.9 Å². The Morgan fingerprint density at radius 3 is 2.38 bits per heavy atom. The van der Waals surface area contributed by atoms with Crippen molar-refractivity contribution in [2.24, 2.45) is 0 Å². The Bertz CT molecular complexity index is 970. The molecule has 0 aliphatic heterocycles. The minimum atomic E-state index is -2.85. The minimum absolute atomic E-state index is 0.0447. The molecule has 0 saturated carbocycles. The van der Waals surface area contributed by atoms with Crippen molar-refractivity contribution in [3.8, 4) is 11.4 Å². The molecule has 0 saturated heterocycles. The van der Waals surface area contributed by atoms with Crippen LogP contribution in [0.1, 0.15) is 22.5 Å². The molecule has 0 atom stereocenters. The predicted molar refractivity (Wildman–Crippen MR) is 106 cm³/mol. The summed E-state index contributed by atoms with van der Waals surface area (Å²) >= 11 is 0. The van der Waals surface area contributed by atoms with Gasteiger partial charge < -0.3 is 9.64 Å². The van der Waals surface area contributed by atoms with Gasteiger partial charge in [0.05, 0.1) is 17.8 Å². The monoisotopic (exact) mass is 399 g/mol. The lowest BCUT2D eigenvalue weighted by atomic mass is 10.1. The Morgan fingerprint density at radius 2 is 1.76 bits per heavy atom. The SMILES string of the molecule is Cc1nn(-c2ccccc2)c(C)c1CC(=O)N(C)Cc1ccc(OC(F)F)cc1. The Hall–Kier alpha value is -3.22. The van der Waals surface area contributed by atoms with Gasteiger partial charge in [0.2, 0.25) is 5.91 Å². The number of halogens is 2. The van der Waals surface area contributed by atoms with Gasteiger partial charge in [-0.3, -0.25) is 4.79 Å². The van der Waals surface area contributed by atoms with E-state index in [0.717, 1.165) is 28.2 Å². The number of likely N-dealkylation sites (N-methyl/N-ethyl adjacent to an activating group) is 1. The molecular formula is C22H23F2N3O2. The smallest absolute Gasteiger partial charge is 0.387 e. The molecule has 7 heteroatoms. The summed E-state index contributed by atoms with van der Waals surface area (Å²) < 4.78 is 30.7. The molecule has 0 aliphatic rings. The molecule has 0 unspecified atom stereocenters. The Kier molecular flexibility index (Phi) is 6.26. The number of ether oxygens (including phenoxy) is 1. The van der Waals surface area contributed by atoms with Crippen molar-refractivity contribution in [1.82, 2.24) is 14.7 Å². The lowest BCUT2D eigenvalue weighted by Gasteiger charge is -2.18. The first kappa shape index (κ1) is 20.5. The topological polar surface area (TPSA) is 47.4 Å². The van der Waals surface area contributed by atoms with Gasteiger partial charge in [-0.15, -0.1) is 0 Å². The molecule has 1 heterocycles. The first-order chi connectivity index (χ1) is 13.8. The molecule has 0 N–H and O–H groups in total. The van der Waals surface area contributed by atoms with E-state index in [0.29, 0.717) is 6.54 Å². The van der Waals surface area contributed by atoms with Crippen LogP contribution in [-0.4, -0.2) is 34.2 Å². The van der Waals surface area contributed by atoms with Crippen molar-refractivity contribution < 1.29 is 18.3 Å². The Morgan fingerprint density at radius 1 is 1.10 bits per heavy atom. The van der Waals surface area contributed by atoms with Crippen LogP contribution in [0, 0.1) is 13.8 Å². The number of aromatic nitrogens is 2. The molecule has 0 fully saturated rings. The second-order valence-corrected chi connectivity index (χ2v) is 6.85. The molecule has 2 aromatic carbocycles. The maximum Gasteiger partial charge on any atom is 0.387 e. The fraction of sp³-hybridized carbons (Fsp3) is 0.273. The average molecular weight is 399 g/mol. The van der Waals surface area contributed by atoms with Crippen LogP contribution in [-0.2, 0) is 17.8 Å². The number of aryl methyl sites for hydroxylation is 1. The highest BCUT2D eigenvalue weighted by molar-refractivity contribution is 5.79. The second-order valence-electron chi connectivity index (χ2n) is 6.85. The molecule has 1 amide bonds. The van der Waals surface area contributed by atoms with E-state index in [1.807, 2.05) is 48.9 Å². The summed E-state index contributed by atoms with van der Waals surface area (Å²) in [6.07, 6.45) is 0.244. The van der Waals surface area contributed by atoms with Crippen molar-refractivity contribution in [2.45, 2.75) is 33.4 Å². The van der Waals surface area contributed by atoms with Gasteiger partial charge in [0.15, 0.2) is 0 Å². The van der Waals surface area contributed by atoms with Crippen LogP contribution >= 0.6 is 0 Å². The molecule has 152 valence electrons.